The summed E-state index contributed by atoms with van der Waals surface area (Å²) in [4.78, 5) is 0. The summed E-state index contributed by atoms with van der Waals surface area (Å²) in [6, 6.07) is 6.13. The molecule has 0 fully saturated rings. The summed E-state index contributed by atoms with van der Waals surface area (Å²) in [5.41, 5.74) is 10.2. The predicted octanol–water partition coefficient (Wildman–Crippen LogP) is 3.39. The molecule has 0 aliphatic carbocycles. The van der Waals surface area contributed by atoms with Crippen molar-refractivity contribution in [2.75, 3.05) is 5.73 Å². The van der Waals surface area contributed by atoms with Gasteiger partial charge in [0.15, 0.2) is 0 Å². The molecule has 0 atom stereocenters. The van der Waals surface area contributed by atoms with Crippen LogP contribution in [0.3, 0.4) is 0 Å². The van der Waals surface area contributed by atoms with Gasteiger partial charge < -0.3 is 5.73 Å². The summed E-state index contributed by atoms with van der Waals surface area (Å²) in [6.45, 7) is 8.22. The average Bonchev–Trinajstić information content (AvgIpc) is 2.04. The number of anilines is 1. The summed E-state index contributed by atoms with van der Waals surface area (Å²) >= 11 is 0. The average molecular weight is 175 g/mol. The number of nitrogens with two attached hydrogens (primary N) is 1. The van der Waals surface area contributed by atoms with Gasteiger partial charge in [-0.2, -0.15) is 0 Å². The van der Waals surface area contributed by atoms with Crippen molar-refractivity contribution in [1.82, 2.24) is 0 Å². The fourth-order valence-corrected chi connectivity index (χ4v) is 1.44. The van der Waals surface area contributed by atoms with Gasteiger partial charge in [0.2, 0.25) is 0 Å². The minimum atomic E-state index is 0.846. The summed E-state index contributed by atoms with van der Waals surface area (Å²) < 4.78 is 0. The van der Waals surface area contributed by atoms with Crippen molar-refractivity contribution >= 4 is 11.3 Å². The lowest BCUT2D eigenvalue weighted by molar-refractivity contribution is 0.975. The topological polar surface area (TPSA) is 26.0 Å². The Labute approximate surface area is 80.3 Å². The first-order valence-corrected chi connectivity index (χ1v) is 4.69. The van der Waals surface area contributed by atoms with E-state index in [1.807, 2.05) is 13.0 Å². The molecule has 0 aromatic heterocycles. The van der Waals surface area contributed by atoms with E-state index >= 15 is 0 Å². The van der Waals surface area contributed by atoms with E-state index in [1.54, 1.807) is 0 Å². The maximum absolute atomic E-state index is 5.89. The third kappa shape index (κ3) is 2.35. The third-order valence-electron chi connectivity index (χ3n) is 2.14. The molecule has 1 heteroatoms. The van der Waals surface area contributed by atoms with Crippen LogP contribution in [0.2, 0.25) is 0 Å². The highest BCUT2D eigenvalue weighted by Gasteiger charge is 2.02. The zero-order valence-electron chi connectivity index (χ0n) is 8.43. The zero-order chi connectivity index (χ0) is 9.84. The number of benzene rings is 1. The number of allylic oxidation sites excluding steroid dienone is 1. The van der Waals surface area contributed by atoms with Gasteiger partial charge in [-0.1, -0.05) is 32.1 Å². The van der Waals surface area contributed by atoms with Crippen LogP contribution in [0.25, 0.3) is 5.57 Å². The fourth-order valence-electron chi connectivity index (χ4n) is 1.44. The van der Waals surface area contributed by atoms with Gasteiger partial charge in [-0.25, -0.2) is 0 Å². The minimum Gasteiger partial charge on any atom is -0.398 e. The molecule has 1 rings (SSSR count). The molecule has 0 aliphatic rings. The van der Waals surface area contributed by atoms with Crippen LogP contribution in [0.5, 0.6) is 0 Å². The molecule has 0 unspecified atom stereocenters. The van der Waals surface area contributed by atoms with Crippen molar-refractivity contribution in [2.24, 2.45) is 0 Å². The molecule has 0 bridgehead atoms. The molecule has 0 radical (unpaired) electrons. The van der Waals surface area contributed by atoms with E-state index in [0.29, 0.717) is 0 Å². The number of hydrogen-bond acceptors (Lipinski definition) is 1. The van der Waals surface area contributed by atoms with Crippen LogP contribution in [-0.2, 0) is 0 Å². The van der Waals surface area contributed by atoms with Crippen molar-refractivity contribution in [3.8, 4) is 0 Å². The van der Waals surface area contributed by atoms with Crippen LogP contribution >= 0.6 is 0 Å². The summed E-state index contributed by atoms with van der Waals surface area (Å²) in [7, 11) is 0. The van der Waals surface area contributed by atoms with Crippen molar-refractivity contribution < 1.29 is 0 Å². The monoisotopic (exact) mass is 175 g/mol. The summed E-state index contributed by atoms with van der Waals surface area (Å²) in [5.74, 6) is 0. The van der Waals surface area contributed by atoms with Crippen molar-refractivity contribution in [3.63, 3.8) is 0 Å². The third-order valence-corrected chi connectivity index (χ3v) is 2.14. The Kier molecular flexibility index (Phi) is 3.13. The molecule has 2 N–H and O–H groups in total. The molecular formula is C12H17N. The number of hydrogen-bond donors (Lipinski definition) is 1. The van der Waals surface area contributed by atoms with Gasteiger partial charge in [0.1, 0.15) is 0 Å². The van der Waals surface area contributed by atoms with E-state index in [4.69, 9.17) is 5.73 Å². The predicted molar refractivity (Wildman–Crippen MR) is 59.5 cm³/mol. The Balaban J connectivity index is 2.95. The Morgan fingerprint density at radius 2 is 2.15 bits per heavy atom. The second-order valence-electron chi connectivity index (χ2n) is 3.44. The Morgan fingerprint density at radius 1 is 1.46 bits per heavy atom. The van der Waals surface area contributed by atoms with E-state index in [-0.39, 0.29) is 0 Å². The van der Waals surface area contributed by atoms with Gasteiger partial charge in [0.05, 0.1) is 0 Å². The first kappa shape index (κ1) is 9.85. The normalized spacial score (nSPS) is 10.0. The highest BCUT2D eigenvalue weighted by Crippen LogP contribution is 2.24. The molecule has 13 heavy (non-hydrogen) atoms. The van der Waals surface area contributed by atoms with Crippen molar-refractivity contribution in [2.45, 2.75) is 26.7 Å². The number of aryl methyl sites for hydroxylation is 1. The molecule has 0 amide bonds. The summed E-state index contributed by atoms with van der Waals surface area (Å²) in [6.07, 6.45) is 2.14. The Hall–Kier alpha value is -1.24. The van der Waals surface area contributed by atoms with E-state index < -0.39 is 0 Å². The maximum Gasteiger partial charge on any atom is 0.0392 e. The number of nitrogen functional groups attached to an aromatic ring is 1. The van der Waals surface area contributed by atoms with Crippen molar-refractivity contribution in [1.29, 1.82) is 0 Å². The van der Waals surface area contributed by atoms with E-state index in [0.717, 1.165) is 29.7 Å². The van der Waals surface area contributed by atoms with Gasteiger partial charge in [-0.15, -0.1) is 0 Å². The van der Waals surface area contributed by atoms with Crippen LogP contribution in [0.15, 0.2) is 24.8 Å². The quantitative estimate of drug-likeness (QED) is 0.700. The van der Waals surface area contributed by atoms with E-state index in [1.165, 1.54) is 5.56 Å². The smallest absolute Gasteiger partial charge is 0.0392 e. The van der Waals surface area contributed by atoms with Gasteiger partial charge in [-0.3, -0.25) is 0 Å². The molecule has 1 aromatic rings. The van der Waals surface area contributed by atoms with Crippen LogP contribution in [0.1, 0.15) is 30.9 Å². The lowest BCUT2D eigenvalue weighted by atomic mass is 10.0. The molecule has 1 aromatic carbocycles. The first-order chi connectivity index (χ1) is 6.15. The van der Waals surface area contributed by atoms with E-state index in [2.05, 4.69) is 25.6 Å². The van der Waals surface area contributed by atoms with Gasteiger partial charge in [0, 0.05) is 5.69 Å². The highest BCUT2D eigenvalue weighted by atomic mass is 14.6. The fraction of sp³-hybridized carbons (Fsp3) is 0.333. The van der Waals surface area contributed by atoms with Gasteiger partial charge in [0.25, 0.3) is 0 Å². The standard InChI is InChI=1S/C12H17N/c1-4-5-10(3)11-7-6-9(2)8-12(11)13/h6-8H,3-5,13H2,1-2H3. The molecule has 0 aliphatic heterocycles. The van der Waals surface area contributed by atoms with Gasteiger partial charge >= 0.3 is 0 Å². The molecule has 0 heterocycles. The summed E-state index contributed by atoms with van der Waals surface area (Å²) in [5, 5.41) is 0. The van der Waals surface area contributed by atoms with Crippen LogP contribution in [-0.4, -0.2) is 0 Å². The lowest BCUT2D eigenvalue weighted by Gasteiger charge is -2.08. The van der Waals surface area contributed by atoms with Crippen LogP contribution in [0.4, 0.5) is 5.69 Å². The maximum atomic E-state index is 5.89. The van der Waals surface area contributed by atoms with E-state index in [9.17, 15) is 0 Å². The molecule has 0 saturated carbocycles. The SMILES string of the molecule is C=C(CCC)c1ccc(C)cc1N. The molecule has 70 valence electrons. The molecule has 1 nitrogen and oxygen atoms in total. The molecular weight excluding hydrogens is 158 g/mol. The van der Waals surface area contributed by atoms with Crippen molar-refractivity contribution in [3.05, 3.63) is 35.9 Å². The second kappa shape index (κ2) is 4.13. The minimum absolute atomic E-state index is 0.846. The lowest BCUT2D eigenvalue weighted by Crippen LogP contribution is -1.93. The Bertz CT molecular complexity index is 313. The van der Waals surface area contributed by atoms with Gasteiger partial charge in [-0.05, 0) is 36.1 Å². The van der Waals surface area contributed by atoms with Crippen LogP contribution < -0.4 is 5.73 Å². The zero-order valence-corrected chi connectivity index (χ0v) is 8.43. The molecule has 0 spiro atoms. The first-order valence-electron chi connectivity index (χ1n) is 4.69. The largest absolute Gasteiger partial charge is 0.398 e. The molecule has 0 saturated heterocycles. The second-order valence-corrected chi connectivity index (χ2v) is 3.44. The van der Waals surface area contributed by atoms with Crippen LogP contribution in [0, 0.1) is 6.92 Å². The number of rotatable bonds is 3. The highest BCUT2D eigenvalue weighted by molar-refractivity contribution is 5.73. The Morgan fingerprint density at radius 3 is 2.69 bits per heavy atom.